The fraction of sp³-hybridized carbons (Fsp3) is 0.652. The molecule has 0 aliphatic heterocycles. The first kappa shape index (κ1) is 21.6. The molecule has 6 nitrogen and oxygen atoms in total. The number of nitrogens with two attached hydrogens (primary N) is 1. The van der Waals surface area contributed by atoms with Gasteiger partial charge in [0.1, 0.15) is 5.75 Å². The Kier molecular flexibility index (Phi) is 7.53. The number of benzene rings is 1. The normalized spacial score (nSPS) is 23.1. The summed E-state index contributed by atoms with van der Waals surface area (Å²) in [7, 11) is 1.90. The van der Waals surface area contributed by atoms with E-state index >= 15 is 0 Å². The van der Waals surface area contributed by atoms with Crippen molar-refractivity contribution in [3.8, 4) is 5.75 Å². The lowest BCUT2D eigenvalue weighted by atomic mass is 9.77. The van der Waals surface area contributed by atoms with E-state index in [1.165, 1.54) is 6.42 Å². The van der Waals surface area contributed by atoms with Gasteiger partial charge in [-0.3, -0.25) is 9.59 Å². The third-order valence-electron chi connectivity index (χ3n) is 6.75. The second kappa shape index (κ2) is 10.1. The molecule has 0 heterocycles. The van der Waals surface area contributed by atoms with Gasteiger partial charge >= 0.3 is 5.97 Å². The summed E-state index contributed by atoms with van der Waals surface area (Å²) in [5, 5.41) is 9.02. The molecule has 2 aliphatic carbocycles. The number of carboxylic acids is 1. The Labute approximate surface area is 173 Å². The first-order chi connectivity index (χ1) is 14.0. The van der Waals surface area contributed by atoms with Crippen LogP contribution in [0.5, 0.6) is 5.75 Å². The van der Waals surface area contributed by atoms with E-state index in [9.17, 15) is 9.59 Å². The molecular formula is C23H34N2O4. The molecule has 0 spiro atoms. The Morgan fingerprint density at radius 1 is 1.17 bits per heavy atom. The van der Waals surface area contributed by atoms with Crippen molar-refractivity contribution in [2.45, 2.75) is 69.9 Å². The molecule has 0 saturated heterocycles. The number of nitrogens with zero attached hydrogens (tertiary/aromatic N) is 1. The topological polar surface area (TPSA) is 92.9 Å². The highest BCUT2D eigenvalue weighted by Crippen LogP contribution is 2.33. The maximum atomic E-state index is 12.6. The predicted octanol–water partition coefficient (Wildman–Crippen LogP) is 3.23. The first-order valence-electron chi connectivity index (χ1n) is 10.9. The lowest BCUT2D eigenvalue weighted by Gasteiger charge is -2.38. The molecule has 6 heteroatoms. The standard InChI is InChI=1S/C23H34N2O4/c1-25(19-6-4-7-19)23(28)22(24)17-11-9-16(10-12-17)13-14-29-20-8-3-2-5-18(20)15-21(26)27/h2-3,5,8,16-17,19,22H,4,6-7,9-15,24H2,1H3,(H,26,27)/t16?,17?,22-/m0/s1. The van der Waals surface area contributed by atoms with Crippen LogP contribution in [-0.4, -0.2) is 47.6 Å². The van der Waals surface area contributed by atoms with E-state index in [1.807, 2.05) is 30.1 Å². The van der Waals surface area contributed by atoms with Crippen molar-refractivity contribution in [3.05, 3.63) is 29.8 Å². The maximum absolute atomic E-state index is 12.6. The number of ether oxygens (including phenoxy) is 1. The third kappa shape index (κ3) is 5.72. The summed E-state index contributed by atoms with van der Waals surface area (Å²) in [4.78, 5) is 25.5. The lowest BCUT2D eigenvalue weighted by Crippen LogP contribution is -2.52. The van der Waals surface area contributed by atoms with Crippen molar-refractivity contribution < 1.29 is 19.4 Å². The molecule has 3 rings (SSSR count). The molecule has 29 heavy (non-hydrogen) atoms. The summed E-state index contributed by atoms with van der Waals surface area (Å²) in [6.07, 6.45) is 8.47. The van der Waals surface area contributed by atoms with Gasteiger partial charge in [-0.2, -0.15) is 0 Å². The Hall–Kier alpha value is -2.08. The Morgan fingerprint density at radius 3 is 2.48 bits per heavy atom. The van der Waals surface area contributed by atoms with Gasteiger partial charge in [0, 0.05) is 18.7 Å². The van der Waals surface area contributed by atoms with Crippen LogP contribution in [-0.2, 0) is 16.0 Å². The van der Waals surface area contributed by atoms with Gasteiger partial charge in [0.25, 0.3) is 0 Å². The average Bonchev–Trinajstić information content (AvgIpc) is 2.67. The van der Waals surface area contributed by atoms with Gasteiger partial charge in [0.05, 0.1) is 19.1 Å². The zero-order valence-electron chi connectivity index (χ0n) is 17.4. The maximum Gasteiger partial charge on any atom is 0.307 e. The number of likely N-dealkylation sites (N-methyl/N-ethyl adjacent to an activating group) is 1. The van der Waals surface area contributed by atoms with Crippen molar-refractivity contribution in [3.63, 3.8) is 0 Å². The SMILES string of the molecule is CN(C(=O)[C@@H](N)C1CCC(CCOc2ccccc2CC(=O)O)CC1)C1CCC1. The summed E-state index contributed by atoms with van der Waals surface area (Å²) in [6, 6.07) is 7.35. The highest BCUT2D eigenvalue weighted by molar-refractivity contribution is 5.82. The summed E-state index contributed by atoms with van der Waals surface area (Å²) in [6.45, 7) is 0.585. The van der Waals surface area contributed by atoms with E-state index in [0.29, 0.717) is 29.9 Å². The van der Waals surface area contributed by atoms with Crippen LogP contribution in [0.15, 0.2) is 24.3 Å². The second-order valence-electron chi connectivity index (χ2n) is 8.66. The molecule has 2 saturated carbocycles. The summed E-state index contributed by atoms with van der Waals surface area (Å²) in [5.74, 6) is 0.767. The molecule has 3 N–H and O–H groups in total. The fourth-order valence-corrected chi connectivity index (χ4v) is 4.52. The van der Waals surface area contributed by atoms with Crippen LogP contribution in [0, 0.1) is 11.8 Å². The van der Waals surface area contributed by atoms with Crippen molar-refractivity contribution in [2.24, 2.45) is 17.6 Å². The molecule has 2 fully saturated rings. The zero-order valence-corrected chi connectivity index (χ0v) is 17.4. The molecular weight excluding hydrogens is 368 g/mol. The van der Waals surface area contributed by atoms with Crippen LogP contribution >= 0.6 is 0 Å². The summed E-state index contributed by atoms with van der Waals surface area (Å²) >= 11 is 0. The van der Waals surface area contributed by atoms with Gasteiger partial charge in [-0.25, -0.2) is 0 Å². The van der Waals surface area contributed by atoms with E-state index < -0.39 is 5.97 Å². The fourth-order valence-electron chi connectivity index (χ4n) is 4.52. The summed E-state index contributed by atoms with van der Waals surface area (Å²) in [5.41, 5.74) is 7.04. The third-order valence-corrected chi connectivity index (χ3v) is 6.75. The van der Waals surface area contributed by atoms with Gasteiger partial charge in [0.15, 0.2) is 0 Å². The molecule has 0 radical (unpaired) electrons. The Morgan fingerprint density at radius 2 is 1.86 bits per heavy atom. The number of rotatable bonds is 9. The smallest absolute Gasteiger partial charge is 0.307 e. The number of aliphatic carboxylic acids is 1. The molecule has 0 unspecified atom stereocenters. The molecule has 0 aromatic heterocycles. The molecule has 1 atom stereocenters. The average molecular weight is 403 g/mol. The zero-order chi connectivity index (χ0) is 20.8. The van der Waals surface area contributed by atoms with Gasteiger partial charge in [0.2, 0.25) is 5.91 Å². The predicted molar refractivity (Wildman–Crippen MR) is 112 cm³/mol. The van der Waals surface area contributed by atoms with Crippen LogP contribution in [0.2, 0.25) is 0 Å². The van der Waals surface area contributed by atoms with Gasteiger partial charge in [-0.05, 0) is 69.3 Å². The highest BCUT2D eigenvalue weighted by Gasteiger charge is 2.34. The van der Waals surface area contributed by atoms with Gasteiger partial charge < -0.3 is 20.5 Å². The molecule has 0 bridgehead atoms. The minimum absolute atomic E-state index is 0.0253. The van der Waals surface area contributed by atoms with Gasteiger partial charge in [-0.1, -0.05) is 18.2 Å². The monoisotopic (exact) mass is 402 g/mol. The van der Waals surface area contributed by atoms with E-state index in [2.05, 4.69) is 0 Å². The minimum atomic E-state index is -0.854. The Balaban J connectivity index is 1.40. The molecule has 2 aliphatic rings. The van der Waals surface area contributed by atoms with Crippen LogP contribution in [0.4, 0.5) is 0 Å². The first-order valence-corrected chi connectivity index (χ1v) is 10.9. The van der Waals surface area contributed by atoms with Crippen molar-refractivity contribution in [1.29, 1.82) is 0 Å². The molecule has 1 aromatic carbocycles. The van der Waals surface area contributed by atoms with E-state index in [-0.39, 0.29) is 24.3 Å². The number of carbonyl (C=O) groups is 2. The van der Waals surface area contributed by atoms with Crippen molar-refractivity contribution in [1.82, 2.24) is 4.90 Å². The summed E-state index contributed by atoms with van der Waals surface area (Å²) < 4.78 is 5.88. The van der Waals surface area contributed by atoms with Crippen LogP contribution in [0.1, 0.15) is 56.9 Å². The number of carbonyl (C=O) groups excluding carboxylic acids is 1. The van der Waals surface area contributed by atoms with Crippen LogP contribution in [0.25, 0.3) is 0 Å². The van der Waals surface area contributed by atoms with Gasteiger partial charge in [-0.15, -0.1) is 0 Å². The van der Waals surface area contributed by atoms with E-state index in [1.54, 1.807) is 6.07 Å². The second-order valence-corrected chi connectivity index (χ2v) is 8.66. The quantitative estimate of drug-likeness (QED) is 0.661. The largest absolute Gasteiger partial charge is 0.493 e. The Bertz CT molecular complexity index is 696. The van der Waals surface area contributed by atoms with E-state index in [4.69, 9.17) is 15.6 Å². The molecule has 160 valence electrons. The number of para-hydroxylation sites is 1. The molecule has 1 aromatic rings. The number of carboxylic acid groups (broad SMARTS) is 1. The number of hydrogen-bond acceptors (Lipinski definition) is 4. The number of hydrogen-bond donors (Lipinski definition) is 2. The van der Waals surface area contributed by atoms with Crippen LogP contribution < -0.4 is 10.5 Å². The molecule has 1 amide bonds. The highest BCUT2D eigenvalue weighted by atomic mass is 16.5. The van der Waals surface area contributed by atoms with Crippen molar-refractivity contribution in [2.75, 3.05) is 13.7 Å². The number of amides is 1. The lowest BCUT2D eigenvalue weighted by molar-refractivity contribution is -0.137. The van der Waals surface area contributed by atoms with Crippen LogP contribution in [0.3, 0.4) is 0 Å². The van der Waals surface area contributed by atoms with E-state index in [0.717, 1.165) is 44.9 Å². The minimum Gasteiger partial charge on any atom is -0.493 e. The van der Waals surface area contributed by atoms with Crippen molar-refractivity contribution >= 4 is 11.9 Å².